The number of anilines is 1. The van der Waals surface area contributed by atoms with Gasteiger partial charge in [0.05, 0.1) is 6.54 Å². The number of aromatic nitrogens is 1. The fourth-order valence-electron chi connectivity index (χ4n) is 2.41. The summed E-state index contributed by atoms with van der Waals surface area (Å²) in [7, 11) is 0. The maximum absolute atomic E-state index is 12.4. The zero-order valence-electron chi connectivity index (χ0n) is 12.5. The highest BCUT2D eigenvalue weighted by molar-refractivity contribution is 5.81. The Hall–Kier alpha value is -2.75. The Bertz CT molecular complexity index is 868. The van der Waals surface area contributed by atoms with Crippen LogP contribution in [0.1, 0.15) is 5.56 Å². The molecule has 0 aliphatic rings. The van der Waals surface area contributed by atoms with Gasteiger partial charge in [0.25, 0.3) is 5.56 Å². The Balaban J connectivity index is 1.73. The lowest BCUT2D eigenvalue weighted by atomic mass is 10.2. The standard InChI is InChI=1S/C18H18N2O2/c1-13-12-15(6-7-17(13)19)22-11-10-20-9-8-14-4-2-3-5-16(14)18(20)21/h2-9,12H,10-11,19H2,1H3. The maximum atomic E-state index is 12.4. The molecule has 3 aromatic rings. The van der Waals surface area contributed by atoms with Crippen LogP contribution in [0.25, 0.3) is 10.8 Å². The number of ether oxygens (including phenoxy) is 1. The van der Waals surface area contributed by atoms with Crippen LogP contribution in [0.4, 0.5) is 5.69 Å². The molecule has 0 atom stereocenters. The molecule has 0 amide bonds. The molecule has 2 aromatic carbocycles. The van der Waals surface area contributed by atoms with Crippen molar-refractivity contribution in [2.45, 2.75) is 13.5 Å². The third-order valence-corrected chi connectivity index (χ3v) is 3.73. The van der Waals surface area contributed by atoms with E-state index in [1.165, 1.54) is 0 Å². The van der Waals surface area contributed by atoms with E-state index >= 15 is 0 Å². The van der Waals surface area contributed by atoms with Crippen molar-refractivity contribution in [2.75, 3.05) is 12.3 Å². The van der Waals surface area contributed by atoms with Crippen LogP contribution in [0.3, 0.4) is 0 Å². The van der Waals surface area contributed by atoms with Gasteiger partial charge in [-0.1, -0.05) is 18.2 Å². The number of hydrogen-bond acceptors (Lipinski definition) is 3. The molecule has 0 spiro atoms. The molecule has 4 nitrogen and oxygen atoms in total. The Kier molecular flexibility index (Phi) is 3.83. The minimum Gasteiger partial charge on any atom is -0.492 e. The molecular formula is C18H18N2O2. The van der Waals surface area contributed by atoms with Gasteiger partial charge in [-0.05, 0) is 48.2 Å². The molecule has 0 radical (unpaired) electrons. The van der Waals surface area contributed by atoms with Gasteiger partial charge in [0, 0.05) is 17.3 Å². The number of nitrogens with zero attached hydrogens (tertiary/aromatic N) is 1. The minimum absolute atomic E-state index is 0.00943. The van der Waals surface area contributed by atoms with Crippen LogP contribution in [0, 0.1) is 6.92 Å². The molecule has 0 saturated heterocycles. The van der Waals surface area contributed by atoms with Gasteiger partial charge >= 0.3 is 0 Å². The summed E-state index contributed by atoms with van der Waals surface area (Å²) in [5, 5.41) is 1.69. The Morgan fingerprint density at radius 3 is 2.77 bits per heavy atom. The van der Waals surface area contributed by atoms with E-state index in [1.54, 1.807) is 4.57 Å². The quantitative estimate of drug-likeness (QED) is 0.753. The van der Waals surface area contributed by atoms with Gasteiger partial charge in [0.2, 0.25) is 0 Å². The monoisotopic (exact) mass is 294 g/mol. The van der Waals surface area contributed by atoms with E-state index in [2.05, 4.69) is 0 Å². The molecule has 112 valence electrons. The molecule has 0 bridgehead atoms. The third-order valence-electron chi connectivity index (χ3n) is 3.73. The fourth-order valence-corrected chi connectivity index (χ4v) is 2.41. The van der Waals surface area contributed by atoms with Gasteiger partial charge in [-0.2, -0.15) is 0 Å². The molecule has 4 heteroatoms. The van der Waals surface area contributed by atoms with Crippen molar-refractivity contribution in [3.8, 4) is 5.75 Å². The topological polar surface area (TPSA) is 57.2 Å². The highest BCUT2D eigenvalue weighted by Crippen LogP contribution is 2.18. The lowest BCUT2D eigenvalue weighted by Gasteiger charge is -2.10. The normalized spacial score (nSPS) is 10.8. The molecule has 3 rings (SSSR count). The zero-order chi connectivity index (χ0) is 15.5. The average Bonchev–Trinajstić information content (AvgIpc) is 2.53. The van der Waals surface area contributed by atoms with E-state index in [-0.39, 0.29) is 5.56 Å². The molecule has 1 aromatic heterocycles. The maximum Gasteiger partial charge on any atom is 0.258 e. The summed E-state index contributed by atoms with van der Waals surface area (Å²) >= 11 is 0. The smallest absolute Gasteiger partial charge is 0.258 e. The second kappa shape index (κ2) is 5.93. The first-order chi connectivity index (χ1) is 10.6. The average molecular weight is 294 g/mol. The van der Waals surface area contributed by atoms with Gasteiger partial charge in [-0.15, -0.1) is 0 Å². The predicted molar refractivity (Wildman–Crippen MR) is 89.3 cm³/mol. The summed E-state index contributed by atoms with van der Waals surface area (Å²) in [4.78, 5) is 12.4. The predicted octanol–water partition coefficient (Wildman–Crippen LogP) is 2.97. The first-order valence-corrected chi connectivity index (χ1v) is 7.22. The summed E-state index contributed by atoms with van der Waals surface area (Å²) in [5.41, 5.74) is 7.52. The largest absolute Gasteiger partial charge is 0.492 e. The van der Waals surface area contributed by atoms with Crippen molar-refractivity contribution in [1.29, 1.82) is 0 Å². The molecular weight excluding hydrogens is 276 g/mol. The number of rotatable bonds is 4. The number of hydrogen-bond donors (Lipinski definition) is 1. The number of aryl methyl sites for hydroxylation is 1. The van der Waals surface area contributed by atoms with Gasteiger partial charge in [-0.25, -0.2) is 0 Å². The van der Waals surface area contributed by atoms with Crippen molar-refractivity contribution in [1.82, 2.24) is 4.57 Å². The number of benzene rings is 2. The van der Waals surface area contributed by atoms with E-state index in [0.717, 1.165) is 27.8 Å². The van der Waals surface area contributed by atoms with Gasteiger partial charge in [-0.3, -0.25) is 4.79 Å². The van der Waals surface area contributed by atoms with Gasteiger partial charge < -0.3 is 15.0 Å². The van der Waals surface area contributed by atoms with Crippen LogP contribution < -0.4 is 16.0 Å². The molecule has 0 aliphatic heterocycles. The Morgan fingerprint density at radius 1 is 1.14 bits per heavy atom. The highest BCUT2D eigenvalue weighted by atomic mass is 16.5. The third kappa shape index (κ3) is 2.81. The Labute approximate surface area is 128 Å². The van der Waals surface area contributed by atoms with Crippen molar-refractivity contribution in [3.05, 3.63) is 70.6 Å². The van der Waals surface area contributed by atoms with E-state index in [1.807, 2.05) is 61.7 Å². The van der Waals surface area contributed by atoms with Crippen LogP contribution in [0.15, 0.2) is 59.5 Å². The van der Waals surface area contributed by atoms with Crippen molar-refractivity contribution >= 4 is 16.5 Å². The molecule has 1 heterocycles. The zero-order valence-corrected chi connectivity index (χ0v) is 12.5. The van der Waals surface area contributed by atoms with E-state index < -0.39 is 0 Å². The second-order valence-electron chi connectivity index (χ2n) is 5.27. The molecule has 0 saturated carbocycles. The lowest BCUT2D eigenvalue weighted by molar-refractivity contribution is 0.296. The van der Waals surface area contributed by atoms with Crippen LogP contribution in [0.2, 0.25) is 0 Å². The second-order valence-corrected chi connectivity index (χ2v) is 5.27. The summed E-state index contributed by atoms with van der Waals surface area (Å²) in [5.74, 6) is 0.764. The highest BCUT2D eigenvalue weighted by Gasteiger charge is 2.03. The van der Waals surface area contributed by atoms with Crippen molar-refractivity contribution < 1.29 is 4.74 Å². The summed E-state index contributed by atoms with van der Waals surface area (Å²) in [6, 6.07) is 15.1. The summed E-state index contributed by atoms with van der Waals surface area (Å²) in [6.45, 7) is 2.88. The lowest BCUT2D eigenvalue weighted by Crippen LogP contribution is -2.22. The molecule has 2 N–H and O–H groups in total. The molecule has 0 fully saturated rings. The van der Waals surface area contributed by atoms with Crippen LogP contribution >= 0.6 is 0 Å². The van der Waals surface area contributed by atoms with Gasteiger partial charge in [0.1, 0.15) is 12.4 Å². The summed E-state index contributed by atoms with van der Waals surface area (Å²) < 4.78 is 7.37. The number of nitrogens with two attached hydrogens (primary N) is 1. The number of pyridine rings is 1. The van der Waals surface area contributed by atoms with Crippen LogP contribution in [-0.4, -0.2) is 11.2 Å². The number of fused-ring (bicyclic) bond motifs is 1. The molecule has 0 unspecified atom stereocenters. The first-order valence-electron chi connectivity index (χ1n) is 7.22. The van der Waals surface area contributed by atoms with Crippen molar-refractivity contribution in [2.24, 2.45) is 0 Å². The van der Waals surface area contributed by atoms with E-state index in [4.69, 9.17) is 10.5 Å². The van der Waals surface area contributed by atoms with Crippen LogP contribution in [0.5, 0.6) is 5.75 Å². The molecule has 22 heavy (non-hydrogen) atoms. The SMILES string of the molecule is Cc1cc(OCCn2ccc3ccccc3c2=O)ccc1N. The van der Waals surface area contributed by atoms with E-state index in [9.17, 15) is 4.79 Å². The van der Waals surface area contributed by atoms with Gasteiger partial charge in [0.15, 0.2) is 0 Å². The number of nitrogen functional groups attached to an aromatic ring is 1. The minimum atomic E-state index is 0.00943. The van der Waals surface area contributed by atoms with Crippen molar-refractivity contribution in [3.63, 3.8) is 0 Å². The van der Waals surface area contributed by atoms with E-state index in [0.29, 0.717) is 13.2 Å². The van der Waals surface area contributed by atoms with Crippen LogP contribution in [-0.2, 0) is 6.54 Å². The first kappa shape index (κ1) is 14.2. The molecule has 0 aliphatic carbocycles. The Morgan fingerprint density at radius 2 is 1.95 bits per heavy atom. The fraction of sp³-hybridized carbons (Fsp3) is 0.167. The summed E-state index contributed by atoms with van der Waals surface area (Å²) in [6.07, 6.45) is 1.81.